The van der Waals surface area contributed by atoms with Crippen LogP contribution in [0.15, 0.2) is 36.4 Å². The fraction of sp³-hybridized carbons (Fsp3) is 0.316. The van der Waals surface area contributed by atoms with Gasteiger partial charge in [-0.25, -0.2) is 4.39 Å². The SMILES string of the molecule is COc1ccc(F)c(-c2ccc(C(C)=O)cc2C(C)(C)C)c1. The molecule has 0 saturated carbocycles. The van der Waals surface area contributed by atoms with Gasteiger partial charge in [-0.15, -0.1) is 0 Å². The van der Waals surface area contributed by atoms with Gasteiger partial charge in [0, 0.05) is 11.1 Å². The van der Waals surface area contributed by atoms with Crippen molar-refractivity contribution in [1.29, 1.82) is 0 Å². The first-order valence-corrected chi connectivity index (χ1v) is 7.23. The summed E-state index contributed by atoms with van der Waals surface area (Å²) in [5.41, 5.74) is 2.63. The first kappa shape index (κ1) is 16.2. The second kappa shape index (κ2) is 5.91. The van der Waals surface area contributed by atoms with Gasteiger partial charge in [-0.2, -0.15) is 0 Å². The van der Waals surface area contributed by atoms with Gasteiger partial charge in [-0.3, -0.25) is 4.79 Å². The summed E-state index contributed by atoms with van der Waals surface area (Å²) in [6.07, 6.45) is 0. The van der Waals surface area contributed by atoms with Crippen molar-refractivity contribution in [3.8, 4) is 16.9 Å². The van der Waals surface area contributed by atoms with Crippen molar-refractivity contribution in [2.24, 2.45) is 0 Å². The maximum absolute atomic E-state index is 14.3. The molecule has 2 rings (SSSR count). The molecule has 0 aliphatic rings. The molecule has 0 unspecified atom stereocenters. The number of ether oxygens (including phenoxy) is 1. The molecule has 116 valence electrons. The number of halogens is 1. The number of Topliss-reactive ketones (excluding diaryl/α,β-unsaturated/α-hetero) is 1. The zero-order valence-corrected chi connectivity index (χ0v) is 13.7. The molecular weight excluding hydrogens is 279 g/mol. The van der Waals surface area contributed by atoms with Crippen molar-refractivity contribution >= 4 is 5.78 Å². The van der Waals surface area contributed by atoms with Gasteiger partial charge in [-0.1, -0.05) is 32.9 Å². The Balaban J connectivity index is 2.72. The van der Waals surface area contributed by atoms with E-state index in [4.69, 9.17) is 4.74 Å². The van der Waals surface area contributed by atoms with Crippen molar-refractivity contribution in [2.45, 2.75) is 33.1 Å². The smallest absolute Gasteiger partial charge is 0.159 e. The third-order valence-electron chi connectivity index (χ3n) is 3.70. The van der Waals surface area contributed by atoms with Gasteiger partial charge in [0.15, 0.2) is 5.78 Å². The first-order valence-electron chi connectivity index (χ1n) is 7.23. The van der Waals surface area contributed by atoms with E-state index in [2.05, 4.69) is 0 Å². The highest BCUT2D eigenvalue weighted by atomic mass is 19.1. The summed E-state index contributed by atoms with van der Waals surface area (Å²) in [7, 11) is 1.56. The molecule has 0 heterocycles. The van der Waals surface area contributed by atoms with Gasteiger partial charge in [0.2, 0.25) is 0 Å². The lowest BCUT2D eigenvalue weighted by atomic mass is 9.80. The molecule has 2 nitrogen and oxygen atoms in total. The van der Waals surface area contributed by atoms with Crippen molar-refractivity contribution in [2.75, 3.05) is 7.11 Å². The minimum atomic E-state index is -0.304. The quantitative estimate of drug-likeness (QED) is 0.745. The predicted molar refractivity (Wildman–Crippen MR) is 87.1 cm³/mol. The Morgan fingerprint density at radius 3 is 2.27 bits per heavy atom. The van der Waals surface area contributed by atoms with E-state index in [0.717, 1.165) is 11.1 Å². The van der Waals surface area contributed by atoms with Gasteiger partial charge >= 0.3 is 0 Å². The zero-order valence-electron chi connectivity index (χ0n) is 13.7. The van der Waals surface area contributed by atoms with E-state index >= 15 is 0 Å². The normalized spacial score (nSPS) is 11.4. The fourth-order valence-electron chi connectivity index (χ4n) is 2.46. The molecule has 0 atom stereocenters. The molecule has 0 aliphatic carbocycles. The van der Waals surface area contributed by atoms with E-state index in [1.807, 2.05) is 32.9 Å². The Hall–Kier alpha value is -2.16. The number of hydrogen-bond donors (Lipinski definition) is 0. The second-order valence-corrected chi connectivity index (χ2v) is 6.41. The van der Waals surface area contributed by atoms with Crippen LogP contribution in [0.25, 0.3) is 11.1 Å². The zero-order chi connectivity index (χ0) is 16.5. The number of methoxy groups -OCH3 is 1. The largest absolute Gasteiger partial charge is 0.497 e. The lowest BCUT2D eigenvalue weighted by Gasteiger charge is -2.24. The summed E-state index contributed by atoms with van der Waals surface area (Å²) in [5.74, 6) is 0.303. The van der Waals surface area contributed by atoms with Crippen LogP contribution in [0.5, 0.6) is 5.75 Å². The molecule has 0 amide bonds. The number of ketones is 1. The van der Waals surface area contributed by atoms with Gasteiger partial charge < -0.3 is 4.74 Å². The summed E-state index contributed by atoms with van der Waals surface area (Å²) in [5, 5.41) is 0. The number of rotatable bonds is 3. The van der Waals surface area contributed by atoms with E-state index < -0.39 is 0 Å². The summed E-state index contributed by atoms with van der Waals surface area (Å²) >= 11 is 0. The van der Waals surface area contributed by atoms with Crippen molar-refractivity contribution < 1.29 is 13.9 Å². The van der Waals surface area contributed by atoms with Crippen molar-refractivity contribution in [3.63, 3.8) is 0 Å². The highest BCUT2D eigenvalue weighted by Gasteiger charge is 2.22. The van der Waals surface area contributed by atoms with Crippen LogP contribution in [0.1, 0.15) is 43.6 Å². The molecule has 0 saturated heterocycles. The van der Waals surface area contributed by atoms with Crippen molar-refractivity contribution in [3.05, 3.63) is 53.3 Å². The summed E-state index contributed by atoms with van der Waals surface area (Å²) in [4.78, 5) is 11.6. The monoisotopic (exact) mass is 300 g/mol. The van der Waals surface area contributed by atoms with E-state index in [-0.39, 0.29) is 17.0 Å². The Morgan fingerprint density at radius 1 is 1.05 bits per heavy atom. The van der Waals surface area contributed by atoms with Crippen molar-refractivity contribution in [1.82, 2.24) is 0 Å². The fourth-order valence-corrected chi connectivity index (χ4v) is 2.46. The first-order chi connectivity index (χ1) is 10.2. The molecule has 0 radical (unpaired) electrons. The van der Waals surface area contributed by atoms with E-state index in [1.165, 1.54) is 13.0 Å². The Bertz CT molecular complexity index is 712. The molecule has 0 N–H and O–H groups in total. The van der Waals surface area contributed by atoms with Gasteiger partial charge in [0.05, 0.1) is 7.11 Å². The molecule has 0 aliphatic heterocycles. The molecule has 2 aromatic carbocycles. The third kappa shape index (κ3) is 3.19. The van der Waals surface area contributed by atoms with E-state index in [0.29, 0.717) is 16.9 Å². The Kier molecular flexibility index (Phi) is 4.36. The molecule has 2 aromatic rings. The van der Waals surface area contributed by atoms with Crippen LogP contribution in [0, 0.1) is 5.82 Å². The molecule has 22 heavy (non-hydrogen) atoms. The van der Waals surface area contributed by atoms with Crippen LogP contribution in [-0.4, -0.2) is 12.9 Å². The summed E-state index contributed by atoms with van der Waals surface area (Å²) < 4.78 is 19.5. The van der Waals surface area contributed by atoms with Crippen LogP contribution in [-0.2, 0) is 5.41 Å². The highest BCUT2D eigenvalue weighted by Crippen LogP contribution is 2.36. The Labute approximate surface area is 130 Å². The van der Waals surface area contributed by atoms with Crippen LogP contribution in [0.3, 0.4) is 0 Å². The van der Waals surface area contributed by atoms with Crippen LogP contribution in [0.4, 0.5) is 4.39 Å². The average Bonchev–Trinajstić information content (AvgIpc) is 2.46. The number of hydrogen-bond acceptors (Lipinski definition) is 2. The molecule has 3 heteroatoms. The molecular formula is C19H21FO2. The van der Waals surface area contributed by atoms with Crippen LogP contribution in [0.2, 0.25) is 0 Å². The van der Waals surface area contributed by atoms with E-state index in [1.54, 1.807) is 25.3 Å². The number of carbonyl (C=O) groups excluding carboxylic acids is 1. The van der Waals surface area contributed by atoms with Gasteiger partial charge in [-0.05, 0) is 47.7 Å². The number of benzene rings is 2. The highest BCUT2D eigenvalue weighted by molar-refractivity contribution is 5.95. The lowest BCUT2D eigenvalue weighted by Crippen LogP contribution is -2.14. The van der Waals surface area contributed by atoms with Crippen LogP contribution >= 0.6 is 0 Å². The molecule has 0 aromatic heterocycles. The third-order valence-corrected chi connectivity index (χ3v) is 3.70. The van der Waals surface area contributed by atoms with E-state index in [9.17, 15) is 9.18 Å². The maximum Gasteiger partial charge on any atom is 0.159 e. The average molecular weight is 300 g/mol. The predicted octanol–water partition coefficient (Wildman–Crippen LogP) is 5.00. The number of carbonyl (C=O) groups is 1. The topological polar surface area (TPSA) is 26.3 Å². The summed E-state index contributed by atoms with van der Waals surface area (Å²) in [6.45, 7) is 7.68. The Morgan fingerprint density at radius 2 is 1.73 bits per heavy atom. The van der Waals surface area contributed by atoms with Gasteiger partial charge in [0.25, 0.3) is 0 Å². The second-order valence-electron chi connectivity index (χ2n) is 6.41. The lowest BCUT2D eigenvalue weighted by molar-refractivity contribution is 0.101. The molecule has 0 spiro atoms. The standard InChI is InChI=1S/C19H21FO2/c1-12(21)13-6-8-15(17(10-13)19(2,3)4)16-11-14(22-5)7-9-18(16)20/h6-11H,1-5H3. The molecule has 0 fully saturated rings. The minimum absolute atomic E-state index is 0.00293. The summed E-state index contributed by atoms with van der Waals surface area (Å²) in [6, 6.07) is 10.1. The van der Waals surface area contributed by atoms with Gasteiger partial charge in [0.1, 0.15) is 11.6 Å². The minimum Gasteiger partial charge on any atom is -0.497 e. The molecule has 0 bridgehead atoms. The van der Waals surface area contributed by atoms with Crippen LogP contribution < -0.4 is 4.74 Å². The maximum atomic E-state index is 14.3.